The van der Waals surface area contributed by atoms with Gasteiger partial charge in [-0.3, -0.25) is 0 Å². The SMILES string of the molecule is C=C(C)C(=O)OC(COCC(CCCC)OC)COc1cc(OC)c(OCC(COCC(CCCC)OC)OC(=O)C(=C)C)c2ccccc12. The van der Waals surface area contributed by atoms with Crippen LogP contribution in [0.4, 0.5) is 0 Å². The van der Waals surface area contributed by atoms with Crippen molar-refractivity contribution < 1.29 is 52.2 Å². The van der Waals surface area contributed by atoms with Crippen LogP contribution in [0.3, 0.4) is 0 Å². The topological polar surface area (TPSA) is 117 Å². The Balaban J connectivity index is 2.26. The van der Waals surface area contributed by atoms with E-state index in [1.165, 1.54) is 7.11 Å². The number of carbonyl (C=O) groups is 2. The highest BCUT2D eigenvalue weighted by Crippen LogP contribution is 2.41. The molecule has 2 rings (SSSR count). The van der Waals surface area contributed by atoms with Crippen molar-refractivity contribution >= 4 is 22.7 Å². The molecular formula is C39H58O11. The van der Waals surface area contributed by atoms with E-state index in [1.807, 2.05) is 24.3 Å². The number of esters is 2. The first-order valence-corrected chi connectivity index (χ1v) is 17.4. The van der Waals surface area contributed by atoms with Crippen LogP contribution in [0.5, 0.6) is 17.2 Å². The first kappa shape index (κ1) is 42.5. The molecule has 0 N–H and O–H groups in total. The van der Waals surface area contributed by atoms with Gasteiger partial charge in [0.05, 0.1) is 45.7 Å². The van der Waals surface area contributed by atoms with Gasteiger partial charge in [-0.2, -0.15) is 0 Å². The van der Waals surface area contributed by atoms with Crippen LogP contribution in [0.15, 0.2) is 54.6 Å². The number of hydrogen-bond donors (Lipinski definition) is 0. The maximum atomic E-state index is 12.5. The summed E-state index contributed by atoms with van der Waals surface area (Å²) in [6.07, 6.45) is 4.33. The number of fused-ring (bicyclic) bond motifs is 1. The predicted molar refractivity (Wildman–Crippen MR) is 193 cm³/mol. The standard InChI is InChI=1S/C39H58O11/c1-10-12-16-29(42-7)21-45-23-31(49-38(40)27(3)4)25-47-35-20-36(44-9)37(34-19-15-14-18-33(34)35)48-26-32(50-39(41)28(5)6)24-46-22-30(43-8)17-13-11-2/h14-15,18-20,29-32H,3,5,10-13,16-17,21-26H2,1-2,4,6-9H3. The van der Waals surface area contributed by atoms with Gasteiger partial charge < -0.3 is 42.6 Å². The summed E-state index contributed by atoms with van der Waals surface area (Å²) in [4.78, 5) is 24.9. The molecule has 0 spiro atoms. The zero-order chi connectivity index (χ0) is 36.9. The van der Waals surface area contributed by atoms with Gasteiger partial charge in [-0.05, 0) is 26.7 Å². The lowest BCUT2D eigenvalue weighted by Crippen LogP contribution is -2.32. The summed E-state index contributed by atoms with van der Waals surface area (Å²) in [7, 11) is 4.84. The zero-order valence-corrected chi connectivity index (χ0v) is 31.1. The average molecular weight is 703 g/mol. The van der Waals surface area contributed by atoms with E-state index >= 15 is 0 Å². The van der Waals surface area contributed by atoms with Crippen LogP contribution in [0.25, 0.3) is 10.8 Å². The Morgan fingerprint density at radius 3 is 1.54 bits per heavy atom. The fraction of sp³-hybridized carbons (Fsp3) is 0.590. The zero-order valence-electron chi connectivity index (χ0n) is 31.1. The largest absolute Gasteiger partial charge is 0.493 e. The highest BCUT2D eigenvalue weighted by atomic mass is 16.6. The number of rotatable bonds is 27. The van der Waals surface area contributed by atoms with Gasteiger partial charge in [0.1, 0.15) is 19.0 Å². The van der Waals surface area contributed by atoms with Gasteiger partial charge in [0, 0.05) is 42.2 Å². The van der Waals surface area contributed by atoms with Crippen molar-refractivity contribution in [2.75, 3.05) is 61.0 Å². The van der Waals surface area contributed by atoms with Crippen molar-refractivity contribution in [3.8, 4) is 17.2 Å². The van der Waals surface area contributed by atoms with Gasteiger partial charge in [0.25, 0.3) is 0 Å². The van der Waals surface area contributed by atoms with E-state index < -0.39 is 24.1 Å². The molecule has 280 valence electrons. The van der Waals surface area contributed by atoms with Gasteiger partial charge in [0.15, 0.2) is 23.7 Å². The molecule has 4 unspecified atom stereocenters. The second kappa shape index (κ2) is 23.7. The second-order valence-corrected chi connectivity index (χ2v) is 12.3. The molecule has 0 aromatic heterocycles. The van der Waals surface area contributed by atoms with E-state index in [4.69, 9.17) is 42.6 Å². The first-order valence-electron chi connectivity index (χ1n) is 17.4. The Bertz CT molecular complexity index is 1340. The lowest BCUT2D eigenvalue weighted by Gasteiger charge is -2.23. The summed E-state index contributed by atoms with van der Waals surface area (Å²) in [6, 6.07) is 9.24. The van der Waals surface area contributed by atoms with Crippen molar-refractivity contribution in [1.29, 1.82) is 0 Å². The van der Waals surface area contributed by atoms with Gasteiger partial charge in [0.2, 0.25) is 0 Å². The predicted octanol–water partition coefficient (Wildman–Crippen LogP) is 7.03. The number of methoxy groups -OCH3 is 3. The number of ether oxygens (including phenoxy) is 9. The molecule has 0 radical (unpaired) electrons. The average Bonchev–Trinajstić information content (AvgIpc) is 3.11. The van der Waals surface area contributed by atoms with Crippen molar-refractivity contribution in [2.45, 2.75) is 90.6 Å². The summed E-state index contributed by atoms with van der Waals surface area (Å²) < 4.78 is 52.5. The molecule has 2 aromatic rings. The molecule has 0 fully saturated rings. The molecule has 0 saturated carbocycles. The number of carbonyl (C=O) groups excluding carboxylic acids is 2. The fourth-order valence-electron chi connectivity index (χ4n) is 4.87. The third-order valence-electron chi connectivity index (χ3n) is 7.87. The van der Waals surface area contributed by atoms with Crippen LogP contribution in [-0.2, 0) is 38.0 Å². The second-order valence-electron chi connectivity index (χ2n) is 12.3. The van der Waals surface area contributed by atoms with Crippen LogP contribution in [-0.4, -0.2) is 97.3 Å². The van der Waals surface area contributed by atoms with E-state index in [-0.39, 0.29) is 49.8 Å². The molecule has 2 aromatic carbocycles. The third-order valence-corrected chi connectivity index (χ3v) is 7.87. The molecule has 0 aliphatic carbocycles. The highest BCUT2D eigenvalue weighted by Gasteiger charge is 2.23. The van der Waals surface area contributed by atoms with Crippen molar-refractivity contribution in [2.24, 2.45) is 0 Å². The summed E-state index contributed by atoms with van der Waals surface area (Å²) >= 11 is 0. The monoisotopic (exact) mass is 702 g/mol. The molecule has 0 saturated heterocycles. The van der Waals surface area contributed by atoms with E-state index in [9.17, 15) is 9.59 Å². The van der Waals surface area contributed by atoms with Crippen LogP contribution < -0.4 is 14.2 Å². The number of hydrogen-bond acceptors (Lipinski definition) is 11. The molecule has 11 nitrogen and oxygen atoms in total. The fourth-order valence-corrected chi connectivity index (χ4v) is 4.87. The quantitative estimate of drug-likeness (QED) is 0.0706. The normalized spacial score (nSPS) is 13.6. The first-order chi connectivity index (χ1) is 24.1. The third kappa shape index (κ3) is 14.7. The summed E-state index contributed by atoms with van der Waals surface area (Å²) in [5, 5.41) is 1.44. The number of unbranched alkanes of at least 4 members (excludes halogenated alkanes) is 2. The van der Waals surface area contributed by atoms with Crippen LogP contribution >= 0.6 is 0 Å². The van der Waals surface area contributed by atoms with Crippen LogP contribution in [0.2, 0.25) is 0 Å². The van der Waals surface area contributed by atoms with E-state index in [0.717, 1.165) is 43.9 Å². The Morgan fingerprint density at radius 2 is 1.10 bits per heavy atom. The summed E-state index contributed by atoms with van der Waals surface area (Å²) in [6.45, 7) is 15.7. The van der Waals surface area contributed by atoms with Crippen molar-refractivity contribution in [3.63, 3.8) is 0 Å². The molecule has 0 aliphatic heterocycles. The van der Waals surface area contributed by atoms with Gasteiger partial charge >= 0.3 is 11.9 Å². The van der Waals surface area contributed by atoms with Gasteiger partial charge in [-0.15, -0.1) is 0 Å². The Morgan fingerprint density at radius 1 is 0.640 bits per heavy atom. The lowest BCUT2D eigenvalue weighted by molar-refractivity contribution is -0.151. The highest BCUT2D eigenvalue weighted by molar-refractivity contribution is 5.95. The van der Waals surface area contributed by atoms with E-state index in [2.05, 4.69) is 27.0 Å². The molecule has 0 bridgehead atoms. The van der Waals surface area contributed by atoms with Gasteiger partial charge in [-0.1, -0.05) is 77.0 Å². The Hall–Kier alpha value is -3.64. The molecule has 4 atom stereocenters. The Kier molecular flexibility index (Phi) is 20.2. The minimum Gasteiger partial charge on any atom is -0.493 e. The summed E-state index contributed by atoms with van der Waals surface area (Å²) in [5.41, 5.74) is 0.541. The van der Waals surface area contributed by atoms with Crippen LogP contribution in [0, 0.1) is 0 Å². The molecule has 11 heteroatoms. The van der Waals surface area contributed by atoms with Crippen molar-refractivity contribution in [3.05, 3.63) is 54.6 Å². The Labute approximate surface area is 298 Å². The maximum absolute atomic E-state index is 12.5. The molecule has 0 aliphatic rings. The van der Waals surface area contributed by atoms with E-state index in [1.54, 1.807) is 34.1 Å². The smallest absolute Gasteiger partial charge is 0.333 e. The number of benzene rings is 2. The van der Waals surface area contributed by atoms with Gasteiger partial charge in [-0.25, -0.2) is 9.59 Å². The lowest BCUT2D eigenvalue weighted by atomic mass is 10.1. The van der Waals surface area contributed by atoms with E-state index in [0.29, 0.717) is 35.8 Å². The molecule has 0 heterocycles. The summed E-state index contributed by atoms with van der Waals surface area (Å²) in [5.74, 6) is 0.254. The molecular weight excluding hydrogens is 644 g/mol. The molecule has 0 amide bonds. The van der Waals surface area contributed by atoms with Crippen LogP contribution in [0.1, 0.15) is 66.2 Å². The minimum atomic E-state index is -0.731. The minimum absolute atomic E-state index is 0.00990. The van der Waals surface area contributed by atoms with Crippen molar-refractivity contribution in [1.82, 2.24) is 0 Å². The maximum Gasteiger partial charge on any atom is 0.333 e. The molecule has 50 heavy (non-hydrogen) atoms.